The maximum absolute atomic E-state index is 12.7. The highest BCUT2D eigenvalue weighted by molar-refractivity contribution is 9.10. The molecule has 3 aromatic rings. The standard InChI is InChI=1S/C19H13BrF2O8S2/c20-14-3-7-15(8-4-14)27-19(13-1-5-17(6-2-13)29-31(21,23)24)28-16-9-11-18(12-10-16)30-32(22,25)26/h1-12,19H. The first-order chi connectivity index (χ1) is 15.0. The lowest BCUT2D eigenvalue weighted by Crippen LogP contribution is -2.15. The summed E-state index contributed by atoms with van der Waals surface area (Å²) in [6.45, 7) is 0. The maximum atomic E-state index is 12.7. The molecule has 0 saturated heterocycles. The topological polar surface area (TPSA) is 105 Å². The van der Waals surface area contributed by atoms with Gasteiger partial charge in [0.15, 0.2) is 0 Å². The third kappa shape index (κ3) is 7.66. The van der Waals surface area contributed by atoms with Gasteiger partial charge in [0.05, 0.1) is 0 Å². The monoisotopic (exact) mass is 550 g/mol. The van der Waals surface area contributed by atoms with E-state index in [4.69, 9.17) is 9.47 Å². The number of halogens is 3. The van der Waals surface area contributed by atoms with E-state index in [9.17, 15) is 24.6 Å². The molecule has 13 heteroatoms. The number of ether oxygens (including phenoxy) is 2. The van der Waals surface area contributed by atoms with Gasteiger partial charge in [0.2, 0.25) is 0 Å². The Morgan fingerprint density at radius 3 is 1.34 bits per heavy atom. The van der Waals surface area contributed by atoms with Crippen LogP contribution < -0.4 is 17.8 Å². The van der Waals surface area contributed by atoms with E-state index in [-0.39, 0.29) is 17.2 Å². The summed E-state index contributed by atoms with van der Waals surface area (Å²) < 4.78 is 88.5. The Labute approximate surface area is 191 Å². The summed E-state index contributed by atoms with van der Waals surface area (Å²) in [4.78, 5) is 0. The molecule has 32 heavy (non-hydrogen) atoms. The third-order valence-corrected chi connectivity index (χ3v) is 4.98. The molecular formula is C19H13BrF2O8S2. The first kappa shape index (κ1) is 23.8. The summed E-state index contributed by atoms with van der Waals surface area (Å²) in [6.07, 6.45) is -1.07. The predicted molar refractivity (Wildman–Crippen MR) is 112 cm³/mol. The van der Waals surface area contributed by atoms with Crippen LogP contribution in [0.1, 0.15) is 11.9 Å². The molecule has 0 radical (unpaired) electrons. The average molecular weight is 551 g/mol. The summed E-state index contributed by atoms with van der Waals surface area (Å²) in [5.41, 5.74) is 0.406. The molecule has 0 heterocycles. The van der Waals surface area contributed by atoms with Gasteiger partial charge in [-0.15, -0.1) is 0 Å². The average Bonchev–Trinajstić information content (AvgIpc) is 2.69. The zero-order valence-electron chi connectivity index (χ0n) is 15.7. The molecule has 0 amide bonds. The molecule has 3 aromatic carbocycles. The van der Waals surface area contributed by atoms with E-state index in [1.807, 2.05) is 0 Å². The minimum atomic E-state index is -5.18. The van der Waals surface area contributed by atoms with Gasteiger partial charge in [-0.2, -0.15) is 16.8 Å². The van der Waals surface area contributed by atoms with E-state index in [1.54, 1.807) is 24.3 Å². The number of benzene rings is 3. The lowest BCUT2D eigenvalue weighted by molar-refractivity contribution is 0.00376. The van der Waals surface area contributed by atoms with Gasteiger partial charge < -0.3 is 17.8 Å². The minimum Gasteiger partial charge on any atom is -0.451 e. The first-order valence-electron chi connectivity index (χ1n) is 8.54. The van der Waals surface area contributed by atoms with Gasteiger partial charge in [-0.1, -0.05) is 23.7 Å². The van der Waals surface area contributed by atoms with Gasteiger partial charge in [-0.25, -0.2) is 0 Å². The van der Waals surface area contributed by atoms with Crippen molar-refractivity contribution in [3.63, 3.8) is 0 Å². The van der Waals surface area contributed by atoms with Crippen LogP contribution in [0.4, 0.5) is 7.77 Å². The van der Waals surface area contributed by atoms with Crippen molar-refractivity contribution < 1.29 is 42.4 Å². The molecule has 0 spiro atoms. The van der Waals surface area contributed by atoms with E-state index in [0.717, 1.165) is 4.47 Å². The highest BCUT2D eigenvalue weighted by Crippen LogP contribution is 2.29. The van der Waals surface area contributed by atoms with E-state index in [2.05, 4.69) is 24.3 Å². The molecule has 0 aliphatic carbocycles. The van der Waals surface area contributed by atoms with Crippen LogP contribution in [0, 0.1) is 0 Å². The summed E-state index contributed by atoms with van der Waals surface area (Å²) in [5.74, 6) is 0.113. The molecule has 3 rings (SSSR count). The van der Waals surface area contributed by atoms with Crippen molar-refractivity contribution in [1.29, 1.82) is 0 Å². The second-order valence-electron chi connectivity index (χ2n) is 6.01. The first-order valence-corrected chi connectivity index (χ1v) is 11.9. The van der Waals surface area contributed by atoms with Crippen molar-refractivity contribution in [2.75, 3.05) is 0 Å². The summed E-state index contributed by atoms with van der Waals surface area (Å²) in [7, 11) is -10.3. The Balaban J connectivity index is 1.84. The van der Waals surface area contributed by atoms with Gasteiger partial charge >= 0.3 is 21.0 Å². The lowest BCUT2D eigenvalue weighted by atomic mass is 10.2. The van der Waals surface area contributed by atoms with Gasteiger partial charge in [0, 0.05) is 10.0 Å². The largest absolute Gasteiger partial charge is 0.488 e. The van der Waals surface area contributed by atoms with Crippen LogP contribution in [0.25, 0.3) is 0 Å². The van der Waals surface area contributed by atoms with Crippen LogP contribution in [0.3, 0.4) is 0 Å². The van der Waals surface area contributed by atoms with E-state index in [1.165, 1.54) is 48.5 Å². The number of hydrogen-bond acceptors (Lipinski definition) is 8. The van der Waals surface area contributed by atoms with Crippen molar-refractivity contribution in [2.45, 2.75) is 6.29 Å². The van der Waals surface area contributed by atoms with E-state index in [0.29, 0.717) is 11.3 Å². The molecule has 1 atom stereocenters. The molecule has 0 aromatic heterocycles. The number of hydrogen-bond donors (Lipinski definition) is 0. The minimum absolute atomic E-state index is 0.211. The molecule has 8 nitrogen and oxygen atoms in total. The van der Waals surface area contributed by atoms with Crippen molar-refractivity contribution >= 4 is 36.9 Å². The molecule has 0 fully saturated rings. The molecule has 0 aliphatic rings. The molecule has 0 N–H and O–H groups in total. The SMILES string of the molecule is O=S(=O)(F)Oc1ccc(OC(Oc2ccc(Br)cc2)c2ccc(OS(=O)(=O)F)cc2)cc1. The van der Waals surface area contributed by atoms with Crippen molar-refractivity contribution in [3.05, 3.63) is 82.8 Å². The van der Waals surface area contributed by atoms with Gasteiger partial charge in [-0.05, 0) is 72.8 Å². The molecule has 0 bridgehead atoms. The fraction of sp³-hybridized carbons (Fsp3) is 0.0526. The molecule has 0 saturated carbocycles. The maximum Gasteiger partial charge on any atom is 0.488 e. The zero-order chi connectivity index (χ0) is 23.4. The van der Waals surface area contributed by atoms with Crippen LogP contribution in [0.5, 0.6) is 23.0 Å². The molecular weight excluding hydrogens is 538 g/mol. The normalized spacial score (nSPS) is 12.6. The quantitative estimate of drug-likeness (QED) is 0.276. The molecule has 0 aliphatic heterocycles. The highest BCUT2D eigenvalue weighted by atomic mass is 79.9. The van der Waals surface area contributed by atoms with E-state index >= 15 is 0 Å². The van der Waals surface area contributed by atoms with Crippen molar-refractivity contribution in [3.8, 4) is 23.0 Å². The Kier molecular flexibility index (Phi) is 7.21. The van der Waals surface area contributed by atoms with Crippen LogP contribution >= 0.6 is 15.9 Å². The summed E-state index contributed by atoms with van der Waals surface area (Å²) in [5, 5.41) is 0. The second-order valence-corrected chi connectivity index (χ2v) is 8.84. The van der Waals surface area contributed by atoms with Gasteiger partial charge in [0.1, 0.15) is 23.0 Å². The van der Waals surface area contributed by atoms with Gasteiger partial charge in [0.25, 0.3) is 6.29 Å². The van der Waals surface area contributed by atoms with Crippen LogP contribution in [0.15, 0.2) is 77.3 Å². The van der Waals surface area contributed by atoms with Crippen LogP contribution in [-0.4, -0.2) is 16.8 Å². The molecule has 170 valence electrons. The predicted octanol–water partition coefficient (Wildman–Crippen LogP) is 4.79. The fourth-order valence-electron chi connectivity index (χ4n) is 2.40. The van der Waals surface area contributed by atoms with E-state index < -0.39 is 27.3 Å². The third-order valence-electron chi connectivity index (χ3n) is 3.67. The highest BCUT2D eigenvalue weighted by Gasteiger charge is 2.18. The Bertz CT molecular complexity index is 1260. The second kappa shape index (κ2) is 9.71. The Morgan fingerprint density at radius 2 is 0.938 bits per heavy atom. The molecule has 1 unspecified atom stereocenters. The Hall–Kier alpha value is -2.90. The van der Waals surface area contributed by atoms with Crippen molar-refractivity contribution in [1.82, 2.24) is 0 Å². The smallest absolute Gasteiger partial charge is 0.451 e. The summed E-state index contributed by atoms with van der Waals surface area (Å²) in [6, 6.07) is 17.0. The lowest BCUT2D eigenvalue weighted by Gasteiger charge is -2.21. The van der Waals surface area contributed by atoms with Crippen LogP contribution in [0.2, 0.25) is 0 Å². The Morgan fingerprint density at radius 1 is 0.594 bits per heavy atom. The fourth-order valence-corrected chi connectivity index (χ4v) is 3.35. The summed E-state index contributed by atoms with van der Waals surface area (Å²) >= 11 is 3.31. The van der Waals surface area contributed by atoms with Crippen LogP contribution in [-0.2, 0) is 21.0 Å². The zero-order valence-corrected chi connectivity index (χ0v) is 18.9. The van der Waals surface area contributed by atoms with Gasteiger partial charge in [-0.3, -0.25) is 0 Å². The van der Waals surface area contributed by atoms with Crippen molar-refractivity contribution in [2.24, 2.45) is 0 Å². The number of rotatable bonds is 9.